The summed E-state index contributed by atoms with van der Waals surface area (Å²) in [5.41, 5.74) is 6.03. The van der Waals surface area contributed by atoms with Crippen molar-refractivity contribution < 1.29 is 0 Å². The van der Waals surface area contributed by atoms with E-state index in [0.29, 0.717) is 12.3 Å². The third kappa shape index (κ3) is 4.50. The van der Waals surface area contributed by atoms with Gasteiger partial charge in [0.1, 0.15) is 0 Å². The number of thiol groups is 1. The predicted molar refractivity (Wildman–Crippen MR) is 117 cm³/mol. The maximum Gasteiger partial charge on any atom is 0.0419 e. The van der Waals surface area contributed by atoms with Crippen LogP contribution in [0.3, 0.4) is 0 Å². The Hall–Kier alpha value is -1.65. The summed E-state index contributed by atoms with van der Waals surface area (Å²) in [6.07, 6.45) is 16.5. The van der Waals surface area contributed by atoms with Crippen LogP contribution in [-0.2, 0) is 0 Å². The number of allylic oxidation sites excluding steroid dienone is 7. The van der Waals surface area contributed by atoms with Crippen molar-refractivity contribution in [1.82, 2.24) is 0 Å². The predicted octanol–water partition coefficient (Wildman–Crippen LogP) is 6.86. The van der Waals surface area contributed by atoms with Crippen LogP contribution in [0.1, 0.15) is 47.0 Å². The third-order valence-corrected chi connectivity index (χ3v) is 6.09. The third-order valence-electron chi connectivity index (χ3n) is 5.56. The van der Waals surface area contributed by atoms with Crippen molar-refractivity contribution in [1.29, 1.82) is 0 Å². The molecule has 0 amide bonds. The number of terminal acetylenes is 1. The normalized spacial score (nSPS) is 23.0. The molecule has 0 N–H and O–H groups in total. The summed E-state index contributed by atoms with van der Waals surface area (Å²) in [6, 6.07) is 0. The van der Waals surface area contributed by atoms with Crippen LogP contribution in [0, 0.1) is 23.7 Å². The molecule has 1 aliphatic carbocycles. The molecule has 0 aromatic rings. The van der Waals surface area contributed by atoms with E-state index in [1.807, 2.05) is 13.0 Å². The molecule has 25 heavy (non-hydrogen) atoms. The lowest BCUT2D eigenvalue weighted by atomic mass is 9.58. The first-order valence-corrected chi connectivity index (χ1v) is 9.39. The molecule has 0 aliphatic heterocycles. The maximum atomic E-state index is 5.58. The molecule has 0 saturated heterocycles. The Morgan fingerprint density at radius 2 is 2.12 bits per heavy atom. The SMILES string of the molecule is C#CC/C(=C(\C)C(=C)C1(CC(C)C(=C)C=CC)CC=C1C)C(S)C=C. The minimum atomic E-state index is -0.0374. The monoisotopic (exact) mass is 352 g/mol. The lowest BCUT2D eigenvalue weighted by molar-refractivity contribution is 0.320. The number of hydrogen-bond donors (Lipinski definition) is 1. The van der Waals surface area contributed by atoms with Gasteiger partial charge in [-0.2, -0.15) is 12.6 Å². The highest BCUT2D eigenvalue weighted by atomic mass is 32.1. The fraction of sp³-hybridized carbons (Fsp3) is 0.417. The minimum Gasteiger partial charge on any atom is -0.167 e. The summed E-state index contributed by atoms with van der Waals surface area (Å²) >= 11 is 4.64. The van der Waals surface area contributed by atoms with E-state index >= 15 is 0 Å². The van der Waals surface area contributed by atoms with Gasteiger partial charge in [0.05, 0.1) is 0 Å². The van der Waals surface area contributed by atoms with Gasteiger partial charge in [0, 0.05) is 17.1 Å². The Morgan fingerprint density at radius 3 is 2.52 bits per heavy atom. The van der Waals surface area contributed by atoms with Gasteiger partial charge in [0.2, 0.25) is 0 Å². The van der Waals surface area contributed by atoms with Gasteiger partial charge in [-0.25, -0.2) is 0 Å². The van der Waals surface area contributed by atoms with E-state index in [1.54, 1.807) is 0 Å². The fourth-order valence-electron chi connectivity index (χ4n) is 3.58. The minimum absolute atomic E-state index is 0.00252. The summed E-state index contributed by atoms with van der Waals surface area (Å²) in [4.78, 5) is 0. The Morgan fingerprint density at radius 1 is 1.48 bits per heavy atom. The summed E-state index contributed by atoms with van der Waals surface area (Å²) in [5.74, 6) is 3.15. The molecule has 0 saturated carbocycles. The molecular weight excluding hydrogens is 320 g/mol. The molecular formula is C24H32S. The van der Waals surface area contributed by atoms with E-state index in [4.69, 9.17) is 6.42 Å². The van der Waals surface area contributed by atoms with Gasteiger partial charge in [-0.15, -0.1) is 18.9 Å². The zero-order valence-electron chi connectivity index (χ0n) is 16.2. The van der Waals surface area contributed by atoms with Crippen molar-refractivity contribution in [2.24, 2.45) is 11.3 Å². The molecule has 0 nitrogen and oxygen atoms in total. The Bertz CT molecular complexity index is 677. The first kappa shape index (κ1) is 21.4. The lowest BCUT2D eigenvalue weighted by Gasteiger charge is -2.45. The molecule has 0 spiro atoms. The van der Waals surface area contributed by atoms with Gasteiger partial charge < -0.3 is 0 Å². The van der Waals surface area contributed by atoms with E-state index in [-0.39, 0.29) is 10.7 Å². The quantitative estimate of drug-likeness (QED) is 0.199. The van der Waals surface area contributed by atoms with Gasteiger partial charge in [-0.05, 0) is 56.3 Å². The molecule has 1 heteroatoms. The largest absolute Gasteiger partial charge is 0.167 e. The lowest BCUT2D eigenvalue weighted by Crippen LogP contribution is -2.33. The average Bonchev–Trinajstić information content (AvgIpc) is 2.60. The van der Waals surface area contributed by atoms with Gasteiger partial charge >= 0.3 is 0 Å². The molecule has 1 aliphatic rings. The van der Waals surface area contributed by atoms with Crippen LogP contribution in [0.4, 0.5) is 0 Å². The van der Waals surface area contributed by atoms with Crippen molar-refractivity contribution in [2.75, 3.05) is 0 Å². The van der Waals surface area contributed by atoms with Crippen molar-refractivity contribution in [3.05, 3.63) is 71.9 Å². The fourth-order valence-corrected chi connectivity index (χ4v) is 3.86. The topological polar surface area (TPSA) is 0 Å². The van der Waals surface area contributed by atoms with Gasteiger partial charge in [-0.3, -0.25) is 0 Å². The zero-order chi connectivity index (χ0) is 19.2. The summed E-state index contributed by atoms with van der Waals surface area (Å²) < 4.78 is 0. The van der Waals surface area contributed by atoms with E-state index in [1.165, 1.54) is 16.7 Å². The van der Waals surface area contributed by atoms with Crippen molar-refractivity contribution in [3.8, 4) is 12.3 Å². The molecule has 134 valence electrons. The number of rotatable bonds is 9. The van der Waals surface area contributed by atoms with Gasteiger partial charge in [-0.1, -0.05) is 55.5 Å². The molecule has 0 aromatic carbocycles. The highest BCUT2D eigenvalue weighted by molar-refractivity contribution is 7.81. The Kier molecular flexibility index (Phi) is 7.84. The standard InChI is InChI=1S/C24H32S/c1-9-12-17(4)18(5)16-24(15-14-19(24)6)21(8)20(7)22(13-10-2)23(25)11-3/h2,9,11-12,14,18,23,25H,3-4,8,13,15-16H2,1,5-7H3/b12-9?,22-20-. The Labute approximate surface area is 160 Å². The number of hydrogen-bond acceptors (Lipinski definition) is 1. The zero-order valence-corrected chi connectivity index (χ0v) is 17.1. The molecule has 0 bridgehead atoms. The van der Waals surface area contributed by atoms with E-state index in [9.17, 15) is 0 Å². The van der Waals surface area contributed by atoms with Crippen molar-refractivity contribution in [3.63, 3.8) is 0 Å². The van der Waals surface area contributed by atoms with Gasteiger partial charge in [0.25, 0.3) is 0 Å². The smallest absolute Gasteiger partial charge is 0.0419 e. The first-order chi connectivity index (χ1) is 11.7. The van der Waals surface area contributed by atoms with Crippen LogP contribution in [0.2, 0.25) is 0 Å². The summed E-state index contributed by atoms with van der Waals surface area (Å²) in [7, 11) is 0. The van der Waals surface area contributed by atoms with Crippen LogP contribution in [0.15, 0.2) is 71.9 Å². The molecule has 0 radical (unpaired) electrons. The van der Waals surface area contributed by atoms with Crippen molar-refractivity contribution in [2.45, 2.75) is 52.2 Å². The van der Waals surface area contributed by atoms with Crippen LogP contribution in [-0.4, -0.2) is 5.25 Å². The van der Waals surface area contributed by atoms with Crippen LogP contribution < -0.4 is 0 Å². The molecule has 0 heterocycles. The average molecular weight is 353 g/mol. The van der Waals surface area contributed by atoms with E-state index in [0.717, 1.165) is 24.0 Å². The molecule has 0 aromatic heterocycles. The second-order valence-corrected chi connectivity index (χ2v) is 7.60. The highest BCUT2D eigenvalue weighted by Crippen LogP contribution is 2.54. The summed E-state index contributed by atoms with van der Waals surface area (Å²) in [6.45, 7) is 21.2. The van der Waals surface area contributed by atoms with Crippen LogP contribution >= 0.6 is 12.6 Å². The molecule has 3 unspecified atom stereocenters. The Balaban J connectivity index is 3.24. The molecule has 1 rings (SSSR count). The van der Waals surface area contributed by atoms with Gasteiger partial charge in [0.15, 0.2) is 0 Å². The van der Waals surface area contributed by atoms with Crippen molar-refractivity contribution >= 4 is 12.6 Å². The maximum absolute atomic E-state index is 5.58. The molecule has 0 fully saturated rings. The highest BCUT2D eigenvalue weighted by Gasteiger charge is 2.41. The van der Waals surface area contributed by atoms with Crippen LogP contribution in [0.25, 0.3) is 0 Å². The second kappa shape index (κ2) is 9.16. The van der Waals surface area contributed by atoms with E-state index in [2.05, 4.69) is 77.3 Å². The summed E-state index contributed by atoms with van der Waals surface area (Å²) in [5, 5.41) is -0.0374. The van der Waals surface area contributed by atoms with Crippen LogP contribution in [0.5, 0.6) is 0 Å². The first-order valence-electron chi connectivity index (χ1n) is 8.87. The van der Waals surface area contributed by atoms with E-state index < -0.39 is 0 Å². The second-order valence-electron chi connectivity index (χ2n) is 7.04. The molecule has 3 atom stereocenters.